The Morgan fingerprint density at radius 2 is 1.67 bits per heavy atom. The first-order chi connectivity index (χ1) is 14.3. The van der Waals surface area contributed by atoms with Crippen molar-refractivity contribution in [3.8, 4) is 11.5 Å². The molecule has 3 N–H and O–H groups in total. The lowest BCUT2D eigenvalue weighted by Crippen LogP contribution is -2.49. The zero-order chi connectivity index (χ0) is 22.1. The van der Waals surface area contributed by atoms with Gasteiger partial charge in [-0.1, -0.05) is 38.1 Å². The van der Waals surface area contributed by atoms with Crippen LogP contribution in [0.1, 0.15) is 35.3 Å². The molecule has 0 fully saturated rings. The molecule has 8 heteroatoms. The number of aryl methyl sites for hydroxylation is 1. The summed E-state index contributed by atoms with van der Waals surface area (Å²) >= 11 is 5.07. The maximum absolute atomic E-state index is 12.5. The predicted molar refractivity (Wildman–Crippen MR) is 120 cm³/mol. The predicted octanol–water partition coefficient (Wildman–Crippen LogP) is 3.05. The molecule has 0 aliphatic heterocycles. The van der Waals surface area contributed by atoms with Gasteiger partial charge in [-0.15, -0.1) is 0 Å². The summed E-state index contributed by atoms with van der Waals surface area (Å²) in [5, 5.41) is 2.47. The van der Waals surface area contributed by atoms with Gasteiger partial charge in [-0.3, -0.25) is 25.8 Å². The molecule has 0 aliphatic carbocycles. The Morgan fingerprint density at radius 3 is 2.40 bits per heavy atom. The molecule has 2 aromatic rings. The molecule has 0 aromatic heterocycles. The van der Waals surface area contributed by atoms with E-state index in [-0.39, 0.29) is 11.7 Å². The average molecular weight is 430 g/mol. The maximum atomic E-state index is 12.5. The van der Waals surface area contributed by atoms with Crippen molar-refractivity contribution in [2.45, 2.75) is 27.7 Å². The van der Waals surface area contributed by atoms with Crippen LogP contribution < -0.4 is 25.6 Å². The number of hydrogen-bond donors (Lipinski definition) is 3. The zero-order valence-corrected chi connectivity index (χ0v) is 18.4. The van der Waals surface area contributed by atoms with Crippen molar-refractivity contribution >= 4 is 29.1 Å². The van der Waals surface area contributed by atoms with Gasteiger partial charge in [0.1, 0.15) is 11.5 Å². The number of hydrazine groups is 1. The molecule has 2 aromatic carbocycles. The van der Waals surface area contributed by atoms with Crippen molar-refractivity contribution in [1.82, 2.24) is 16.2 Å². The fraction of sp³-hybridized carbons (Fsp3) is 0.318. The monoisotopic (exact) mass is 429 g/mol. The van der Waals surface area contributed by atoms with Crippen LogP contribution >= 0.6 is 12.2 Å². The van der Waals surface area contributed by atoms with E-state index in [1.54, 1.807) is 30.3 Å². The van der Waals surface area contributed by atoms with E-state index in [0.717, 1.165) is 11.1 Å². The molecular weight excluding hydrogens is 402 g/mol. The van der Waals surface area contributed by atoms with E-state index < -0.39 is 11.8 Å². The second-order valence-electron chi connectivity index (χ2n) is 7.14. The minimum atomic E-state index is -0.437. The van der Waals surface area contributed by atoms with Gasteiger partial charge in [0.15, 0.2) is 11.7 Å². The first kappa shape index (κ1) is 23.2. The van der Waals surface area contributed by atoms with Crippen LogP contribution in [0.2, 0.25) is 0 Å². The normalized spacial score (nSPS) is 10.3. The lowest BCUT2D eigenvalue weighted by molar-refractivity contribution is -0.123. The third-order valence-electron chi connectivity index (χ3n) is 4.16. The molecule has 0 spiro atoms. The van der Waals surface area contributed by atoms with Crippen LogP contribution in [-0.2, 0) is 4.79 Å². The van der Waals surface area contributed by atoms with E-state index in [9.17, 15) is 9.59 Å². The molecule has 0 atom stereocenters. The SMILES string of the molecule is Cc1cccc(OCC(=O)NNC(=S)NC(=O)c2ccccc2OCC(C)C)c1C. The Kier molecular flexibility index (Phi) is 8.61. The molecule has 0 aliphatic rings. The molecular formula is C22H27N3O4S. The minimum Gasteiger partial charge on any atom is -0.492 e. The number of benzene rings is 2. The Balaban J connectivity index is 1.82. The Morgan fingerprint density at radius 1 is 0.967 bits per heavy atom. The number of para-hydroxylation sites is 1. The van der Waals surface area contributed by atoms with Crippen molar-refractivity contribution in [2.24, 2.45) is 5.92 Å². The summed E-state index contributed by atoms with van der Waals surface area (Å²) in [6.07, 6.45) is 0. The molecule has 2 rings (SSSR count). The van der Waals surface area contributed by atoms with E-state index in [4.69, 9.17) is 21.7 Å². The quantitative estimate of drug-likeness (QED) is 0.463. The van der Waals surface area contributed by atoms with Gasteiger partial charge in [0.05, 0.1) is 12.2 Å². The van der Waals surface area contributed by atoms with Crippen LogP contribution in [0.25, 0.3) is 0 Å². The van der Waals surface area contributed by atoms with Gasteiger partial charge in [0.25, 0.3) is 11.8 Å². The molecule has 0 heterocycles. The highest BCUT2D eigenvalue weighted by atomic mass is 32.1. The molecule has 7 nitrogen and oxygen atoms in total. The zero-order valence-electron chi connectivity index (χ0n) is 17.6. The number of ether oxygens (including phenoxy) is 2. The summed E-state index contributed by atoms with van der Waals surface area (Å²) in [5.41, 5.74) is 7.29. The molecule has 0 bridgehead atoms. The largest absolute Gasteiger partial charge is 0.492 e. The maximum Gasteiger partial charge on any atom is 0.276 e. The van der Waals surface area contributed by atoms with Crippen molar-refractivity contribution in [3.63, 3.8) is 0 Å². The summed E-state index contributed by atoms with van der Waals surface area (Å²) in [6.45, 7) is 8.23. The van der Waals surface area contributed by atoms with Gasteiger partial charge >= 0.3 is 0 Å². The van der Waals surface area contributed by atoms with E-state index in [1.165, 1.54) is 0 Å². The van der Waals surface area contributed by atoms with Crippen molar-refractivity contribution in [2.75, 3.05) is 13.2 Å². The van der Waals surface area contributed by atoms with Crippen LogP contribution in [0.4, 0.5) is 0 Å². The summed E-state index contributed by atoms with van der Waals surface area (Å²) in [7, 11) is 0. The molecule has 0 radical (unpaired) electrons. The Labute approximate surface area is 182 Å². The summed E-state index contributed by atoms with van der Waals surface area (Å²) in [6, 6.07) is 12.5. The number of amides is 2. The Hall–Kier alpha value is -3.13. The fourth-order valence-electron chi connectivity index (χ4n) is 2.42. The lowest BCUT2D eigenvalue weighted by Gasteiger charge is -2.15. The van der Waals surface area contributed by atoms with Gasteiger partial charge in [-0.05, 0) is 61.3 Å². The third kappa shape index (κ3) is 7.04. The first-order valence-electron chi connectivity index (χ1n) is 9.59. The van der Waals surface area contributed by atoms with E-state index >= 15 is 0 Å². The smallest absolute Gasteiger partial charge is 0.276 e. The van der Waals surface area contributed by atoms with Crippen molar-refractivity contribution in [1.29, 1.82) is 0 Å². The number of carbonyl (C=O) groups is 2. The van der Waals surface area contributed by atoms with Crippen molar-refractivity contribution in [3.05, 3.63) is 59.2 Å². The highest BCUT2D eigenvalue weighted by Crippen LogP contribution is 2.20. The van der Waals surface area contributed by atoms with E-state index in [1.807, 2.05) is 39.8 Å². The average Bonchev–Trinajstić information content (AvgIpc) is 2.72. The first-order valence-corrected chi connectivity index (χ1v) is 9.99. The minimum absolute atomic E-state index is 0.0428. The number of carbonyl (C=O) groups excluding carboxylic acids is 2. The number of nitrogens with one attached hydrogen (secondary N) is 3. The molecule has 30 heavy (non-hydrogen) atoms. The summed E-state index contributed by atoms with van der Waals surface area (Å²) < 4.78 is 11.2. The van der Waals surface area contributed by atoms with Crippen LogP contribution in [0.15, 0.2) is 42.5 Å². The summed E-state index contributed by atoms with van der Waals surface area (Å²) in [5.74, 6) is 0.558. The number of hydrogen-bond acceptors (Lipinski definition) is 5. The molecule has 160 valence electrons. The Bertz CT molecular complexity index is 915. The van der Waals surface area contributed by atoms with Gasteiger partial charge < -0.3 is 9.47 Å². The highest BCUT2D eigenvalue weighted by Gasteiger charge is 2.14. The topological polar surface area (TPSA) is 88.7 Å². The van der Waals surface area contributed by atoms with Crippen LogP contribution in [0.3, 0.4) is 0 Å². The molecule has 0 saturated carbocycles. The second-order valence-corrected chi connectivity index (χ2v) is 7.55. The molecule has 2 amide bonds. The molecule has 0 unspecified atom stereocenters. The second kappa shape index (κ2) is 11.2. The van der Waals surface area contributed by atoms with Gasteiger partial charge in [-0.2, -0.15) is 0 Å². The third-order valence-corrected chi connectivity index (χ3v) is 4.36. The van der Waals surface area contributed by atoms with E-state index in [0.29, 0.717) is 29.6 Å². The van der Waals surface area contributed by atoms with Crippen LogP contribution in [0, 0.1) is 19.8 Å². The van der Waals surface area contributed by atoms with E-state index in [2.05, 4.69) is 16.2 Å². The standard InChI is InChI=1S/C22H27N3O4S/c1-14(2)12-28-19-10-6-5-9-17(19)21(27)23-22(30)25-24-20(26)13-29-18-11-7-8-15(3)16(18)4/h5-11,14H,12-13H2,1-4H3,(H,24,26)(H2,23,25,27,30). The van der Waals surface area contributed by atoms with Crippen molar-refractivity contribution < 1.29 is 19.1 Å². The van der Waals surface area contributed by atoms with Gasteiger partial charge in [0, 0.05) is 0 Å². The van der Waals surface area contributed by atoms with Gasteiger partial charge in [-0.25, -0.2) is 0 Å². The fourth-order valence-corrected chi connectivity index (χ4v) is 2.57. The number of rotatable bonds is 7. The summed E-state index contributed by atoms with van der Waals surface area (Å²) in [4.78, 5) is 24.5. The molecule has 0 saturated heterocycles. The number of thiocarbonyl (C=S) groups is 1. The van der Waals surface area contributed by atoms with Gasteiger partial charge in [0.2, 0.25) is 0 Å². The lowest BCUT2D eigenvalue weighted by atomic mass is 10.1. The van der Waals surface area contributed by atoms with Crippen LogP contribution in [0.5, 0.6) is 11.5 Å². The highest BCUT2D eigenvalue weighted by molar-refractivity contribution is 7.80. The van der Waals surface area contributed by atoms with Crippen LogP contribution in [-0.4, -0.2) is 30.1 Å².